The second kappa shape index (κ2) is 59.9. The average Bonchev–Trinajstić information content (AvgIpc) is 2.99. The van der Waals surface area contributed by atoms with Crippen LogP contribution in [0.5, 0.6) is 0 Å². The summed E-state index contributed by atoms with van der Waals surface area (Å²) in [7, 11) is 0. The van der Waals surface area contributed by atoms with Gasteiger partial charge in [-0.1, -0.05) is 0 Å². The fourth-order valence-corrected chi connectivity index (χ4v) is 8.85. The molecule has 41 heavy (non-hydrogen) atoms. The van der Waals surface area contributed by atoms with Gasteiger partial charge in [0.25, 0.3) is 0 Å². The highest BCUT2D eigenvalue weighted by Crippen LogP contribution is 2.10. The van der Waals surface area contributed by atoms with Crippen molar-refractivity contribution in [2.24, 2.45) is 0 Å². The van der Waals surface area contributed by atoms with E-state index in [1.807, 2.05) is 58.8 Å². The summed E-state index contributed by atoms with van der Waals surface area (Å²) >= 11 is 42.8. The Morgan fingerprint density at radius 2 is 0.561 bits per heavy atom. The van der Waals surface area contributed by atoms with Gasteiger partial charge in [0, 0.05) is 40.3 Å². The third kappa shape index (κ3) is 71.6. The first-order valence-electron chi connectivity index (χ1n) is 14.1. The van der Waals surface area contributed by atoms with Gasteiger partial charge in [-0.15, -0.1) is 0 Å². The Labute approximate surface area is 321 Å². The summed E-state index contributed by atoms with van der Waals surface area (Å²) in [5, 5.41) is 0. The lowest BCUT2D eigenvalue weighted by Gasteiger charge is -2.01. The molecule has 0 atom stereocenters. The largest absolute Gasteiger partial charge is 0.378 e. The molecule has 0 rings (SSSR count). The van der Waals surface area contributed by atoms with Gasteiger partial charge in [-0.25, -0.2) is 0 Å². The lowest BCUT2D eigenvalue weighted by atomic mass is 10.6. The number of thioether (sulfide) groups is 5. The van der Waals surface area contributed by atoms with Crippen molar-refractivity contribution in [1.29, 1.82) is 0 Å². The highest BCUT2D eigenvalue weighted by molar-refractivity contribution is 8.03. The first-order valence-corrected chi connectivity index (χ1v) is 24.9. The maximum atomic E-state index is 5.10. The average molecular weight is 822 g/mol. The van der Waals surface area contributed by atoms with E-state index in [1.165, 1.54) is 83.2 Å². The van der Waals surface area contributed by atoms with Crippen molar-refractivity contribution in [3.63, 3.8) is 0 Å². The first kappa shape index (κ1) is 52.3. The second-order valence-corrected chi connectivity index (χ2v) is 17.2. The van der Waals surface area contributed by atoms with E-state index in [1.54, 1.807) is 0 Å². The molecule has 0 heterocycles. The van der Waals surface area contributed by atoms with Gasteiger partial charge < -0.3 is 9.47 Å². The molecular formula is C26H60O2S13. The molecule has 0 bridgehead atoms. The lowest BCUT2D eigenvalue weighted by Crippen LogP contribution is -2.07. The lowest BCUT2D eigenvalue weighted by molar-refractivity contribution is 0.0606. The van der Waals surface area contributed by atoms with Crippen LogP contribution in [-0.4, -0.2) is 130 Å². The molecule has 0 aromatic carbocycles. The maximum absolute atomic E-state index is 5.10. The number of thiol groups is 8. The minimum Gasteiger partial charge on any atom is -0.378 e. The molecule has 0 amide bonds. The van der Waals surface area contributed by atoms with Crippen LogP contribution in [-0.2, 0) is 9.47 Å². The minimum atomic E-state index is 0.661. The van der Waals surface area contributed by atoms with Crippen molar-refractivity contribution in [3.05, 3.63) is 0 Å². The third-order valence-electron chi connectivity index (χ3n) is 3.84. The van der Waals surface area contributed by atoms with E-state index in [9.17, 15) is 0 Å². The van der Waals surface area contributed by atoms with E-state index in [4.69, 9.17) is 9.47 Å². The predicted molar refractivity (Wildman–Crippen MR) is 238 cm³/mol. The van der Waals surface area contributed by atoms with Crippen molar-refractivity contribution < 1.29 is 9.47 Å². The molecule has 0 fully saturated rings. The van der Waals surface area contributed by atoms with Crippen LogP contribution in [0.1, 0.15) is 25.7 Å². The molecule has 254 valence electrons. The maximum Gasteiger partial charge on any atom is 0.0700 e. The summed E-state index contributed by atoms with van der Waals surface area (Å²) in [6, 6.07) is 0. The molecule has 0 N–H and O–H groups in total. The Balaban J connectivity index is -0.000000225. The molecule has 0 aliphatic heterocycles. The molecule has 0 spiro atoms. The van der Waals surface area contributed by atoms with Crippen molar-refractivity contribution in [2.45, 2.75) is 25.7 Å². The van der Waals surface area contributed by atoms with Crippen LogP contribution in [0, 0.1) is 0 Å². The first-order chi connectivity index (χ1) is 20.2. The Morgan fingerprint density at radius 1 is 0.268 bits per heavy atom. The summed E-state index contributed by atoms with van der Waals surface area (Å²) in [5.41, 5.74) is 0. The van der Waals surface area contributed by atoms with Crippen LogP contribution in [0.15, 0.2) is 0 Å². The number of hydrogen-bond donors (Lipinski definition) is 8. The van der Waals surface area contributed by atoms with Crippen LogP contribution in [0.25, 0.3) is 0 Å². The molecule has 0 aromatic rings. The highest BCUT2D eigenvalue weighted by Gasteiger charge is 1.91. The molecule has 2 nitrogen and oxygen atoms in total. The van der Waals surface area contributed by atoms with Crippen LogP contribution in [0.3, 0.4) is 0 Å². The molecule has 0 saturated heterocycles. The van der Waals surface area contributed by atoms with Gasteiger partial charge in [0.05, 0.1) is 26.4 Å². The zero-order valence-electron chi connectivity index (χ0n) is 24.8. The zero-order chi connectivity index (χ0) is 31.3. The third-order valence-corrected chi connectivity index (χ3v) is 12.3. The normalized spacial score (nSPS) is 10.2. The van der Waals surface area contributed by atoms with Crippen LogP contribution < -0.4 is 0 Å². The van der Waals surface area contributed by atoms with E-state index in [0.717, 1.165) is 46.0 Å². The van der Waals surface area contributed by atoms with Gasteiger partial charge in [0.15, 0.2) is 0 Å². The molecular weight excluding hydrogens is 761 g/mol. The van der Waals surface area contributed by atoms with Gasteiger partial charge in [0.1, 0.15) is 0 Å². The van der Waals surface area contributed by atoms with E-state index in [2.05, 4.69) is 101 Å². The molecule has 0 saturated carbocycles. The Bertz CT molecular complexity index is 348. The fraction of sp³-hybridized carbons (Fsp3) is 1.00. The van der Waals surface area contributed by atoms with Crippen LogP contribution >= 0.6 is 160 Å². The van der Waals surface area contributed by atoms with Crippen molar-refractivity contribution in [1.82, 2.24) is 0 Å². The van der Waals surface area contributed by atoms with E-state index < -0.39 is 0 Å². The Kier molecular flexibility index (Phi) is 76.3. The Hall–Kier alpha value is 4.47. The van der Waals surface area contributed by atoms with Crippen LogP contribution in [0.2, 0.25) is 0 Å². The topological polar surface area (TPSA) is 18.5 Å². The summed E-state index contributed by atoms with van der Waals surface area (Å²) in [6.45, 7) is 2.73. The number of rotatable bonds is 29. The summed E-state index contributed by atoms with van der Waals surface area (Å²) in [6.07, 6.45) is 5.04. The number of hydrogen-bond acceptors (Lipinski definition) is 15. The van der Waals surface area contributed by atoms with Gasteiger partial charge in [-0.05, 0) is 89.0 Å². The van der Waals surface area contributed by atoms with E-state index >= 15 is 0 Å². The quantitative estimate of drug-likeness (QED) is 0.0282. The van der Waals surface area contributed by atoms with Crippen LogP contribution in [0.4, 0.5) is 0 Å². The smallest absolute Gasteiger partial charge is 0.0700 e. The second-order valence-electron chi connectivity index (χ2n) is 7.49. The molecule has 0 radical (unpaired) electrons. The van der Waals surface area contributed by atoms with E-state index in [0.29, 0.717) is 26.4 Å². The minimum absolute atomic E-state index is 0.661. The van der Waals surface area contributed by atoms with Gasteiger partial charge in [-0.2, -0.15) is 160 Å². The summed E-state index contributed by atoms with van der Waals surface area (Å²) in [5.74, 6) is 20.2. The predicted octanol–water partition coefficient (Wildman–Crippen LogP) is 8.64. The van der Waals surface area contributed by atoms with Crippen molar-refractivity contribution >= 4 is 160 Å². The molecule has 0 unspecified atom stereocenters. The van der Waals surface area contributed by atoms with Crippen molar-refractivity contribution in [3.8, 4) is 0 Å². The summed E-state index contributed by atoms with van der Waals surface area (Å²) < 4.78 is 10.2. The van der Waals surface area contributed by atoms with Gasteiger partial charge >= 0.3 is 0 Å². The molecule has 0 aromatic heterocycles. The monoisotopic (exact) mass is 820 g/mol. The molecule has 0 aliphatic rings. The molecule has 15 heteroatoms. The SMILES string of the molecule is SCCCSCCS.SCCCSCCSCCCS.SCCOCCOCCS.SCCSCCCSCCS. The highest BCUT2D eigenvalue weighted by atomic mass is 32.2. The van der Waals surface area contributed by atoms with E-state index in [-0.39, 0.29) is 0 Å². The van der Waals surface area contributed by atoms with Crippen molar-refractivity contribution in [2.75, 3.05) is 130 Å². The standard InChI is InChI=1S/C8H18S4.C7H16S4.C6H14O2S2.C5H12S3/c9-3-1-5-11-7-8-12-6-2-4-10;8-2-6-10-4-1-5-11-7-3-9;9-5-3-7-1-2-8-4-6-10;6-2-1-4-8-5-3-7/h9-10H,1-8H2;8-9H,1-7H2;9-10H,1-6H2;6-7H,1-5H2. The molecule has 0 aliphatic carbocycles. The summed E-state index contributed by atoms with van der Waals surface area (Å²) in [4.78, 5) is 0. The zero-order valence-corrected chi connectivity index (χ0v) is 36.1. The van der Waals surface area contributed by atoms with Gasteiger partial charge in [0.2, 0.25) is 0 Å². The van der Waals surface area contributed by atoms with Gasteiger partial charge in [-0.3, -0.25) is 0 Å². The Morgan fingerprint density at radius 3 is 0.829 bits per heavy atom. The fourth-order valence-electron chi connectivity index (χ4n) is 2.04. The number of ether oxygens (including phenoxy) is 2.